The van der Waals surface area contributed by atoms with Crippen molar-refractivity contribution in [1.29, 1.82) is 0 Å². The molecular formula is C8H17ClN2O. The standard InChI is InChI=1S/C8H16N2O.ClH/c1-8(11)2-5-10-6-3-9-4-7-10;/h9H,2-7H2,1H3;1H. The van der Waals surface area contributed by atoms with Gasteiger partial charge in [0.25, 0.3) is 0 Å². The third-order valence-corrected chi connectivity index (χ3v) is 1.99. The molecule has 1 saturated heterocycles. The summed E-state index contributed by atoms with van der Waals surface area (Å²) < 4.78 is 0. The van der Waals surface area contributed by atoms with Gasteiger partial charge in [0.15, 0.2) is 0 Å². The van der Waals surface area contributed by atoms with E-state index >= 15 is 0 Å². The maximum atomic E-state index is 10.6. The number of nitrogens with one attached hydrogen (secondary N) is 1. The Bertz CT molecular complexity index is 135. The quantitative estimate of drug-likeness (QED) is 0.698. The van der Waals surface area contributed by atoms with Crippen LogP contribution < -0.4 is 5.32 Å². The van der Waals surface area contributed by atoms with Gasteiger partial charge in [0.2, 0.25) is 0 Å². The molecule has 12 heavy (non-hydrogen) atoms. The first-order chi connectivity index (χ1) is 5.29. The van der Waals surface area contributed by atoms with Crippen molar-refractivity contribution < 1.29 is 4.79 Å². The first kappa shape index (κ1) is 11.9. The number of ketones is 1. The van der Waals surface area contributed by atoms with E-state index in [-0.39, 0.29) is 12.4 Å². The van der Waals surface area contributed by atoms with Gasteiger partial charge < -0.3 is 10.2 Å². The molecule has 1 rings (SSSR count). The van der Waals surface area contributed by atoms with Crippen LogP contribution in [0, 0.1) is 0 Å². The van der Waals surface area contributed by atoms with Crippen molar-refractivity contribution in [1.82, 2.24) is 10.2 Å². The van der Waals surface area contributed by atoms with Gasteiger partial charge in [0.05, 0.1) is 0 Å². The molecule has 0 unspecified atom stereocenters. The molecule has 72 valence electrons. The summed E-state index contributed by atoms with van der Waals surface area (Å²) in [5, 5.41) is 3.28. The van der Waals surface area contributed by atoms with Crippen LogP contribution in [0.3, 0.4) is 0 Å². The fourth-order valence-electron chi connectivity index (χ4n) is 1.25. The highest BCUT2D eigenvalue weighted by Crippen LogP contribution is 1.94. The van der Waals surface area contributed by atoms with Crippen LogP contribution in [-0.4, -0.2) is 43.4 Å². The Morgan fingerprint density at radius 1 is 1.42 bits per heavy atom. The van der Waals surface area contributed by atoms with Gasteiger partial charge in [0.1, 0.15) is 5.78 Å². The molecule has 1 heterocycles. The molecule has 0 saturated carbocycles. The minimum atomic E-state index is 0. The summed E-state index contributed by atoms with van der Waals surface area (Å²) in [4.78, 5) is 13.0. The van der Waals surface area contributed by atoms with E-state index in [2.05, 4.69) is 10.2 Å². The van der Waals surface area contributed by atoms with Crippen LogP contribution in [-0.2, 0) is 4.79 Å². The first-order valence-electron chi connectivity index (χ1n) is 4.21. The highest BCUT2D eigenvalue weighted by molar-refractivity contribution is 5.85. The topological polar surface area (TPSA) is 32.3 Å². The summed E-state index contributed by atoms with van der Waals surface area (Å²) in [5.74, 6) is 0.295. The van der Waals surface area contributed by atoms with Gasteiger partial charge in [-0.1, -0.05) is 0 Å². The molecule has 0 aromatic heterocycles. The second kappa shape index (κ2) is 6.40. The van der Waals surface area contributed by atoms with Gasteiger partial charge in [-0.15, -0.1) is 12.4 Å². The van der Waals surface area contributed by atoms with Gasteiger partial charge in [-0.25, -0.2) is 0 Å². The number of rotatable bonds is 3. The third kappa shape index (κ3) is 4.70. The number of carbonyl (C=O) groups is 1. The molecule has 0 bridgehead atoms. The molecule has 4 heteroatoms. The van der Waals surface area contributed by atoms with Gasteiger partial charge in [-0.2, -0.15) is 0 Å². The van der Waals surface area contributed by atoms with E-state index in [0.29, 0.717) is 12.2 Å². The van der Waals surface area contributed by atoms with Crippen molar-refractivity contribution in [3.05, 3.63) is 0 Å². The maximum Gasteiger partial charge on any atom is 0.131 e. The second-order valence-electron chi connectivity index (χ2n) is 3.04. The van der Waals surface area contributed by atoms with E-state index in [1.165, 1.54) is 0 Å². The molecule has 1 aliphatic rings. The number of halogens is 1. The van der Waals surface area contributed by atoms with Crippen molar-refractivity contribution in [2.24, 2.45) is 0 Å². The molecule has 3 nitrogen and oxygen atoms in total. The SMILES string of the molecule is CC(=O)CCN1CCNCC1.Cl. The number of piperazine rings is 1. The van der Waals surface area contributed by atoms with E-state index in [1.807, 2.05) is 0 Å². The zero-order valence-corrected chi connectivity index (χ0v) is 8.32. The fraction of sp³-hybridized carbons (Fsp3) is 0.875. The highest BCUT2D eigenvalue weighted by Gasteiger charge is 2.08. The van der Waals surface area contributed by atoms with Crippen molar-refractivity contribution in [3.63, 3.8) is 0 Å². The van der Waals surface area contributed by atoms with Gasteiger partial charge >= 0.3 is 0 Å². The average Bonchev–Trinajstić information content (AvgIpc) is 2.03. The van der Waals surface area contributed by atoms with Gasteiger partial charge in [-0.3, -0.25) is 4.79 Å². The van der Waals surface area contributed by atoms with E-state index in [0.717, 1.165) is 32.7 Å². The summed E-state index contributed by atoms with van der Waals surface area (Å²) >= 11 is 0. The van der Waals surface area contributed by atoms with Crippen LogP contribution in [0.15, 0.2) is 0 Å². The lowest BCUT2D eigenvalue weighted by Crippen LogP contribution is -2.44. The van der Waals surface area contributed by atoms with Crippen LogP contribution in [0.5, 0.6) is 0 Å². The largest absolute Gasteiger partial charge is 0.314 e. The number of nitrogens with zero attached hydrogens (tertiary/aromatic N) is 1. The number of hydrogen-bond acceptors (Lipinski definition) is 3. The van der Waals surface area contributed by atoms with E-state index in [9.17, 15) is 4.79 Å². The summed E-state index contributed by atoms with van der Waals surface area (Å²) in [5.41, 5.74) is 0. The minimum absolute atomic E-state index is 0. The Hall–Kier alpha value is -0.120. The predicted molar refractivity (Wildman–Crippen MR) is 51.9 cm³/mol. The molecule has 0 atom stereocenters. The Labute approximate surface area is 79.9 Å². The molecule has 0 amide bonds. The lowest BCUT2D eigenvalue weighted by molar-refractivity contribution is -0.117. The van der Waals surface area contributed by atoms with E-state index in [4.69, 9.17) is 0 Å². The van der Waals surface area contributed by atoms with Crippen LogP contribution >= 0.6 is 12.4 Å². The Kier molecular flexibility index (Phi) is 6.34. The highest BCUT2D eigenvalue weighted by atomic mass is 35.5. The number of carbonyl (C=O) groups excluding carboxylic acids is 1. The van der Waals surface area contributed by atoms with Crippen LogP contribution in [0.1, 0.15) is 13.3 Å². The second-order valence-corrected chi connectivity index (χ2v) is 3.04. The summed E-state index contributed by atoms with van der Waals surface area (Å²) in [6.45, 7) is 6.91. The third-order valence-electron chi connectivity index (χ3n) is 1.99. The summed E-state index contributed by atoms with van der Waals surface area (Å²) in [7, 11) is 0. The molecule has 1 fully saturated rings. The summed E-state index contributed by atoms with van der Waals surface area (Å²) in [6.07, 6.45) is 0.708. The van der Waals surface area contributed by atoms with Crippen molar-refractivity contribution in [2.75, 3.05) is 32.7 Å². The molecule has 0 spiro atoms. The van der Waals surface area contributed by atoms with Gasteiger partial charge in [-0.05, 0) is 6.92 Å². The molecule has 0 aromatic rings. The van der Waals surface area contributed by atoms with Crippen LogP contribution in [0.2, 0.25) is 0 Å². The smallest absolute Gasteiger partial charge is 0.131 e. The fourth-order valence-corrected chi connectivity index (χ4v) is 1.25. The Balaban J connectivity index is 0.00000121. The molecule has 0 aromatic carbocycles. The lowest BCUT2D eigenvalue weighted by atomic mass is 10.2. The average molecular weight is 193 g/mol. The van der Waals surface area contributed by atoms with Crippen molar-refractivity contribution in [3.8, 4) is 0 Å². The normalized spacial score (nSPS) is 18.4. The lowest BCUT2D eigenvalue weighted by Gasteiger charge is -2.26. The zero-order chi connectivity index (χ0) is 8.10. The van der Waals surface area contributed by atoms with E-state index in [1.54, 1.807) is 6.92 Å². The predicted octanol–water partition coefficient (Wildman–Crippen LogP) is 0.293. The minimum Gasteiger partial charge on any atom is -0.314 e. The summed E-state index contributed by atoms with van der Waals surface area (Å²) in [6, 6.07) is 0. The Morgan fingerprint density at radius 2 is 2.00 bits per heavy atom. The van der Waals surface area contributed by atoms with Crippen LogP contribution in [0.25, 0.3) is 0 Å². The number of hydrogen-bond donors (Lipinski definition) is 1. The van der Waals surface area contributed by atoms with Crippen molar-refractivity contribution in [2.45, 2.75) is 13.3 Å². The van der Waals surface area contributed by atoms with Crippen molar-refractivity contribution >= 4 is 18.2 Å². The van der Waals surface area contributed by atoms with Crippen LogP contribution in [0.4, 0.5) is 0 Å². The van der Waals surface area contributed by atoms with Gasteiger partial charge in [0, 0.05) is 39.1 Å². The zero-order valence-electron chi connectivity index (χ0n) is 7.51. The molecular weight excluding hydrogens is 176 g/mol. The molecule has 1 aliphatic heterocycles. The first-order valence-corrected chi connectivity index (χ1v) is 4.21. The molecule has 0 aliphatic carbocycles. The molecule has 1 N–H and O–H groups in total. The maximum absolute atomic E-state index is 10.6. The number of Topliss-reactive ketones (excluding diaryl/α,β-unsaturated/α-hetero) is 1. The Morgan fingerprint density at radius 3 is 2.50 bits per heavy atom. The van der Waals surface area contributed by atoms with E-state index < -0.39 is 0 Å². The monoisotopic (exact) mass is 192 g/mol. The molecule has 0 radical (unpaired) electrons.